The molecule has 1 aromatic heterocycles. The van der Waals surface area contributed by atoms with E-state index < -0.39 is 17.7 Å². The van der Waals surface area contributed by atoms with Gasteiger partial charge in [0.05, 0.1) is 24.3 Å². The summed E-state index contributed by atoms with van der Waals surface area (Å²) in [5, 5.41) is 0. The molecule has 0 spiro atoms. The zero-order valence-corrected chi connectivity index (χ0v) is 11.0. The topological polar surface area (TPSA) is 39.2 Å². The monoisotopic (exact) mass is 359 g/mol. The van der Waals surface area contributed by atoms with E-state index >= 15 is 0 Å². The van der Waals surface area contributed by atoms with Crippen molar-refractivity contribution in [3.05, 3.63) is 27.1 Å². The average molecular weight is 359 g/mol. The van der Waals surface area contributed by atoms with Gasteiger partial charge >= 0.3 is 12.1 Å². The average Bonchev–Trinajstić information content (AvgIpc) is 2.15. The number of alkyl halides is 3. The molecule has 3 nitrogen and oxygen atoms in total. The Morgan fingerprint density at radius 1 is 1.47 bits per heavy atom. The van der Waals surface area contributed by atoms with Crippen molar-refractivity contribution in [3.8, 4) is 0 Å². The lowest BCUT2D eigenvalue weighted by atomic mass is 10.2. The summed E-state index contributed by atoms with van der Waals surface area (Å²) < 4.78 is 41.8. The third-order valence-electron chi connectivity index (χ3n) is 1.84. The van der Waals surface area contributed by atoms with Gasteiger partial charge in [-0.05, 0) is 41.6 Å². The van der Waals surface area contributed by atoms with Gasteiger partial charge in [0.15, 0.2) is 0 Å². The van der Waals surface area contributed by atoms with Gasteiger partial charge < -0.3 is 4.74 Å². The van der Waals surface area contributed by atoms with Crippen molar-refractivity contribution in [2.75, 3.05) is 6.61 Å². The van der Waals surface area contributed by atoms with Crippen LogP contribution in [0.15, 0.2) is 12.1 Å². The van der Waals surface area contributed by atoms with Crippen LogP contribution in [0.1, 0.15) is 18.2 Å². The highest BCUT2D eigenvalue weighted by Gasteiger charge is 2.33. The number of halogens is 4. The number of pyridine rings is 1. The molecule has 0 aliphatic heterocycles. The molecule has 1 aromatic rings. The summed E-state index contributed by atoms with van der Waals surface area (Å²) in [6, 6.07) is 2.10. The molecule has 0 amide bonds. The summed E-state index contributed by atoms with van der Waals surface area (Å²) in [4.78, 5) is 14.8. The molecule has 0 bridgehead atoms. The van der Waals surface area contributed by atoms with Crippen molar-refractivity contribution in [3.63, 3.8) is 0 Å². The molecule has 0 aromatic carbocycles. The number of nitrogens with zero attached hydrogens (tertiary/aromatic N) is 1. The van der Waals surface area contributed by atoms with Gasteiger partial charge in [0.1, 0.15) is 3.70 Å². The Kier molecular flexibility index (Phi) is 4.72. The van der Waals surface area contributed by atoms with Crippen molar-refractivity contribution in [2.45, 2.75) is 19.5 Å². The van der Waals surface area contributed by atoms with E-state index in [1.165, 1.54) is 28.7 Å². The molecule has 17 heavy (non-hydrogen) atoms. The molecule has 7 heteroatoms. The zero-order chi connectivity index (χ0) is 13.1. The fourth-order valence-corrected chi connectivity index (χ4v) is 1.94. The predicted molar refractivity (Wildman–Crippen MR) is 62.3 cm³/mol. The van der Waals surface area contributed by atoms with Gasteiger partial charge in [0.25, 0.3) is 0 Å². The number of hydrogen-bond donors (Lipinski definition) is 0. The molecule has 0 atom stereocenters. The molecule has 0 fully saturated rings. The van der Waals surface area contributed by atoms with Gasteiger partial charge in [0, 0.05) is 0 Å². The first kappa shape index (κ1) is 14.2. The van der Waals surface area contributed by atoms with E-state index in [0.717, 1.165) is 6.07 Å². The highest BCUT2D eigenvalue weighted by Crippen LogP contribution is 2.31. The summed E-state index contributed by atoms with van der Waals surface area (Å²) in [7, 11) is 0. The van der Waals surface area contributed by atoms with Crippen LogP contribution in [0.5, 0.6) is 0 Å². The second kappa shape index (κ2) is 5.65. The lowest BCUT2D eigenvalue weighted by Crippen LogP contribution is -2.12. The summed E-state index contributed by atoms with van der Waals surface area (Å²) >= 11 is 1.50. The van der Waals surface area contributed by atoms with Gasteiger partial charge in [-0.2, -0.15) is 13.2 Å². The highest BCUT2D eigenvalue weighted by molar-refractivity contribution is 14.1. The van der Waals surface area contributed by atoms with Gasteiger partial charge in [-0.25, -0.2) is 4.98 Å². The van der Waals surface area contributed by atoms with Gasteiger partial charge in [-0.15, -0.1) is 0 Å². The predicted octanol–water partition coefficient (Wildman–Crippen LogP) is 2.81. The smallest absolute Gasteiger partial charge is 0.418 e. The second-order valence-electron chi connectivity index (χ2n) is 3.12. The summed E-state index contributed by atoms with van der Waals surface area (Å²) in [6.45, 7) is 1.89. The minimum Gasteiger partial charge on any atom is -0.466 e. The molecule has 0 N–H and O–H groups in total. The Morgan fingerprint density at radius 2 is 2.12 bits per heavy atom. The van der Waals surface area contributed by atoms with E-state index in [2.05, 4.69) is 9.72 Å². The number of esters is 1. The Bertz CT molecular complexity index is 421. The molecule has 0 saturated carbocycles. The van der Waals surface area contributed by atoms with Crippen LogP contribution in [0, 0.1) is 3.70 Å². The zero-order valence-electron chi connectivity index (χ0n) is 8.84. The van der Waals surface area contributed by atoms with Crippen molar-refractivity contribution in [1.29, 1.82) is 0 Å². The first-order valence-electron chi connectivity index (χ1n) is 4.72. The van der Waals surface area contributed by atoms with Crippen LogP contribution >= 0.6 is 22.6 Å². The standard InChI is InChI=1S/C10H9F3INO2/c1-2-17-8(16)5-6-3-4-7(9(14)15-6)10(11,12)13/h3-4H,2,5H2,1H3. The van der Waals surface area contributed by atoms with Crippen LogP contribution in [0.4, 0.5) is 13.2 Å². The van der Waals surface area contributed by atoms with Crippen molar-refractivity contribution >= 4 is 28.6 Å². The molecular weight excluding hydrogens is 350 g/mol. The maximum Gasteiger partial charge on any atom is 0.418 e. The number of ether oxygens (including phenoxy) is 1. The fraction of sp³-hybridized carbons (Fsp3) is 0.400. The minimum absolute atomic E-state index is 0.123. The Balaban J connectivity index is 2.86. The molecule has 1 rings (SSSR count). The molecule has 0 radical (unpaired) electrons. The lowest BCUT2D eigenvalue weighted by molar-refractivity contribution is -0.142. The number of carbonyl (C=O) groups excluding carboxylic acids is 1. The number of aromatic nitrogens is 1. The molecule has 94 valence electrons. The van der Waals surface area contributed by atoms with E-state index in [1.54, 1.807) is 6.92 Å². The van der Waals surface area contributed by atoms with Gasteiger partial charge in [-0.1, -0.05) is 0 Å². The van der Waals surface area contributed by atoms with Crippen LogP contribution < -0.4 is 0 Å². The molecule has 0 saturated heterocycles. The Labute approximate surface area is 110 Å². The molecule has 0 unspecified atom stereocenters. The Morgan fingerprint density at radius 3 is 2.59 bits per heavy atom. The van der Waals surface area contributed by atoms with Crippen LogP contribution in [-0.4, -0.2) is 17.6 Å². The van der Waals surface area contributed by atoms with E-state index in [4.69, 9.17) is 0 Å². The fourth-order valence-electron chi connectivity index (χ4n) is 1.14. The lowest BCUT2D eigenvalue weighted by Gasteiger charge is -2.09. The van der Waals surface area contributed by atoms with Crippen LogP contribution in [0.25, 0.3) is 0 Å². The van der Waals surface area contributed by atoms with Crippen molar-refractivity contribution in [1.82, 2.24) is 4.98 Å². The van der Waals surface area contributed by atoms with E-state index in [0.29, 0.717) is 0 Å². The number of carbonyl (C=O) groups is 1. The quantitative estimate of drug-likeness (QED) is 0.473. The maximum absolute atomic E-state index is 12.4. The molecular formula is C10H9F3INO2. The summed E-state index contributed by atoms with van der Waals surface area (Å²) in [5.41, 5.74) is -0.536. The summed E-state index contributed by atoms with van der Waals surface area (Å²) in [6.07, 6.45) is -4.55. The van der Waals surface area contributed by atoms with Crippen molar-refractivity contribution in [2.24, 2.45) is 0 Å². The number of rotatable bonds is 3. The van der Waals surface area contributed by atoms with E-state index in [-0.39, 0.29) is 22.4 Å². The number of hydrogen-bond acceptors (Lipinski definition) is 3. The second-order valence-corrected chi connectivity index (χ2v) is 4.14. The SMILES string of the molecule is CCOC(=O)Cc1ccc(C(F)(F)F)c(I)n1. The van der Waals surface area contributed by atoms with E-state index in [1.807, 2.05) is 0 Å². The first-order valence-corrected chi connectivity index (χ1v) is 5.80. The Hall–Kier alpha value is -0.860. The third kappa shape index (κ3) is 4.14. The maximum atomic E-state index is 12.4. The highest BCUT2D eigenvalue weighted by atomic mass is 127. The van der Waals surface area contributed by atoms with Crippen LogP contribution in [0.3, 0.4) is 0 Å². The molecule has 0 aliphatic carbocycles. The van der Waals surface area contributed by atoms with Gasteiger partial charge in [-0.3, -0.25) is 4.79 Å². The minimum atomic E-state index is -4.42. The summed E-state index contributed by atoms with van der Waals surface area (Å²) in [5.74, 6) is -0.504. The third-order valence-corrected chi connectivity index (χ3v) is 2.66. The van der Waals surface area contributed by atoms with E-state index in [9.17, 15) is 18.0 Å². The van der Waals surface area contributed by atoms with Crippen LogP contribution in [-0.2, 0) is 22.1 Å². The normalized spacial score (nSPS) is 11.4. The van der Waals surface area contributed by atoms with Crippen LogP contribution in [0.2, 0.25) is 0 Å². The van der Waals surface area contributed by atoms with Gasteiger partial charge in [0.2, 0.25) is 0 Å². The van der Waals surface area contributed by atoms with Crippen molar-refractivity contribution < 1.29 is 22.7 Å². The first-order chi connectivity index (χ1) is 7.84. The molecule has 1 heterocycles. The molecule has 0 aliphatic rings. The largest absolute Gasteiger partial charge is 0.466 e.